The van der Waals surface area contributed by atoms with Crippen LogP contribution >= 0.6 is 0 Å². The van der Waals surface area contributed by atoms with E-state index < -0.39 is 5.97 Å². The van der Waals surface area contributed by atoms with Gasteiger partial charge in [-0.1, -0.05) is 12.1 Å². The van der Waals surface area contributed by atoms with Crippen molar-refractivity contribution < 1.29 is 19.8 Å². The molecule has 1 aromatic rings. The molecular formula is C13H17NO4. The van der Waals surface area contributed by atoms with Gasteiger partial charge in [0.2, 0.25) is 0 Å². The summed E-state index contributed by atoms with van der Waals surface area (Å²) in [5.74, 6) is -1.11. The number of rotatable bonds is 6. The van der Waals surface area contributed by atoms with Gasteiger partial charge in [-0.15, -0.1) is 0 Å². The number of aliphatic carboxylic acids is 1. The molecule has 0 aliphatic heterocycles. The topological polar surface area (TPSA) is 77.8 Å². The Balaban J connectivity index is 2.72. The van der Waals surface area contributed by atoms with Gasteiger partial charge in [-0.05, 0) is 24.6 Å². The van der Waals surface area contributed by atoms with E-state index in [-0.39, 0.29) is 25.5 Å². The lowest BCUT2D eigenvalue weighted by molar-refractivity contribution is -0.137. The van der Waals surface area contributed by atoms with Gasteiger partial charge in [-0.3, -0.25) is 9.59 Å². The Hall–Kier alpha value is -1.88. The third kappa shape index (κ3) is 3.85. The average Bonchev–Trinajstić information content (AvgIpc) is 2.39. The first-order chi connectivity index (χ1) is 8.58. The predicted octanol–water partition coefficient (Wildman–Crippen LogP) is 1.12. The van der Waals surface area contributed by atoms with Crippen LogP contribution < -0.4 is 0 Å². The van der Waals surface area contributed by atoms with Crippen LogP contribution in [-0.2, 0) is 11.4 Å². The molecule has 0 spiro atoms. The summed E-state index contributed by atoms with van der Waals surface area (Å²) in [6, 6.07) is 6.63. The van der Waals surface area contributed by atoms with Crippen LogP contribution in [0.4, 0.5) is 0 Å². The fourth-order valence-electron chi connectivity index (χ4n) is 1.57. The molecule has 98 valence electrons. The number of carboxylic acids is 1. The summed E-state index contributed by atoms with van der Waals surface area (Å²) in [5, 5.41) is 17.5. The van der Waals surface area contributed by atoms with E-state index in [1.807, 2.05) is 6.92 Å². The molecular weight excluding hydrogens is 234 g/mol. The predicted molar refractivity (Wildman–Crippen MR) is 66.2 cm³/mol. The molecule has 0 atom stereocenters. The van der Waals surface area contributed by atoms with E-state index in [0.717, 1.165) is 5.56 Å². The number of hydrogen-bond acceptors (Lipinski definition) is 3. The van der Waals surface area contributed by atoms with E-state index in [4.69, 9.17) is 10.2 Å². The van der Waals surface area contributed by atoms with Crippen molar-refractivity contribution in [3.63, 3.8) is 0 Å². The Labute approximate surface area is 106 Å². The molecule has 1 aromatic carbocycles. The normalized spacial score (nSPS) is 10.1. The van der Waals surface area contributed by atoms with Gasteiger partial charge in [0.05, 0.1) is 13.0 Å². The molecule has 0 fully saturated rings. The molecule has 2 N–H and O–H groups in total. The largest absolute Gasteiger partial charge is 0.481 e. The minimum absolute atomic E-state index is 0.0612. The van der Waals surface area contributed by atoms with Crippen LogP contribution in [0, 0.1) is 0 Å². The highest BCUT2D eigenvalue weighted by atomic mass is 16.4. The first-order valence-corrected chi connectivity index (χ1v) is 5.79. The molecule has 0 saturated carbocycles. The fourth-order valence-corrected chi connectivity index (χ4v) is 1.57. The second kappa shape index (κ2) is 6.76. The van der Waals surface area contributed by atoms with E-state index in [1.54, 1.807) is 24.3 Å². The molecule has 0 saturated heterocycles. The van der Waals surface area contributed by atoms with E-state index in [1.165, 1.54) is 4.90 Å². The Kier molecular flexibility index (Phi) is 5.32. The highest BCUT2D eigenvalue weighted by molar-refractivity contribution is 5.94. The molecule has 0 bridgehead atoms. The second-order valence-electron chi connectivity index (χ2n) is 3.88. The summed E-state index contributed by atoms with van der Waals surface area (Å²) in [5.41, 5.74) is 1.24. The van der Waals surface area contributed by atoms with Crippen LogP contribution in [0.5, 0.6) is 0 Å². The lowest BCUT2D eigenvalue weighted by Crippen LogP contribution is -2.32. The van der Waals surface area contributed by atoms with Crippen molar-refractivity contribution in [3.05, 3.63) is 35.4 Å². The summed E-state index contributed by atoms with van der Waals surface area (Å²) in [6.07, 6.45) is -0.0612. The number of aliphatic hydroxyl groups excluding tert-OH is 1. The zero-order valence-electron chi connectivity index (χ0n) is 10.3. The number of amides is 1. The van der Waals surface area contributed by atoms with Crippen LogP contribution in [0.25, 0.3) is 0 Å². The molecule has 0 radical (unpaired) electrons. The molecule has 5 nitrogen and oxygen atoms in total. The molecule has 18 heavy (non-hydrogen) atoms. The van der Waals surface area contributed by atoms with Gasteiger partial charge in [0.25, 0.3) is 5.91 Å². The third-order valence-electron chi connectivity index (χ3n) is 2.65. The number of carbonyl (C=O) groups is 2. The molecule has 0 heterocycles. The third-order valence-corrected chi connectivity index (χ3v) is 2.65. The molecule has 0 unspecified atom stereocenters. The second-order valence-corrected chi connectivity index (χ2v) is 3.88. The summed E-state index contributed by atoms with van der Waals surface area (Å²) in [7, 11) is 0. The molecule has 0 aliphatic carbocycles. The number of benzene rings is 1. The lowest BCUT2D eigenvalue weighted by atomic mass is 10.1. The van der Waals surface area contributed by atoms with E-state index in [9.17, 15) is 9.59 Å². The molecule has 1 amide bonds. The van der Waals surface area contributed by atoms with E-state index in [0.29, 0.717) is 12.1 Å². The maximum absolute atomic E-state index is 12.1. The van der Waals surface area contributed by atoms with Crippen LogP contribution in [0.3, 0.4) is 0 Å². The zero-order valence-corrected chi connectivity index (χ0v) is 10.3. The lowest BCUT2D eigenvalue weighted by Gasteiger charge is -2.20. The van der Waals surface area contributed by atoms with Gasteiger partial charge in [0.15, 0.2) is 0 Å². The molecule has 0 aromatic heterocycles. The maximum Gasteiger partial charge on any atom is 0.305 e. The zero-order chi connectivity index (χ0) is 13.5. The van der Waals surface area contributed by atoms with Crippen molar-refractivity contribution in [1.29, 1.82) is 0 Å². The SMILES string of the molecule is CCN(CCC(=O)O)C(=O)c1ccc(CO)cc1. The molecule has 5 heteroatoms. The monoisotopic (exact) mass is 251 g/mol. The van der Waals surface area contributed by atoms with Gasteiger partial charge in [0, 0.05) is 18.7 Å². The number of nitrogens with zero attached hydrogens (tertiary/aromatic N) is 1. The fraction of sp³-hybridized carbons (Fsp3) is 0.385. The number of aliphatic hydroxyl groups is 1. The minimum atomic E-state index is -0.920. The standard InChI is InChI=1S/C13H17NO4/c1-2-14(8-7-12(16)17)13(18)11-5-3-10(9-15)4-6-11/h3-6,15H,2,7-9H2,1H3,(H,16,17). The summed E-state index contributed by atoms with van der Waals surface area (Å²) in [4.78, 5) is 24.0. The first-order valence-electron chi connectivity index (χ1n) is 5.79. The van der Waals surface area contributed by atoms with Gasteiger partial charge >= 0.3 is 5.97 Å². The number of hydrogen-bond donors (Lipinski definition) is 2. The number of carbonyl (C=O) groups excluding carboxylic acids is 1. The highest BCUT2D eigenvalue weighted by Crippen LogP contribution is 2.08. The average molecular weight is 251 g/mol. The van der Waals surface area contributed by atoms with Crippen molar-refractivity contribution >= 4 is 11.9 Å². The van der Waals surface area contributed by atoms with Crippen LogP contribution in [0.15, 0.2) is 24.3 Å². The van der Waals surface area contributed by atoms with E-state index >= 15 is 0 Å². The van der Waals surface area contributed by atoms with Crippen molar-refractivity contribution in [2.75, 3.05) is 13.1 Å². The first kappa shape index (κ1) is 14.2. The Bertz CT molecular complexity index is 414. The van der Waals surface area contributed by atoms with Crippen LogP contribution in [-0.4, -0.2) is 40.1 Å². The summed E-state index contributed by atoms with van der Waals surface area (Å²) >= 11 is 0. The van der Waals surface area contributed by atoms with Crippen molar-refractivity contribution in [2.45, 2.75) is 20.0 Å². The van der Waals surface area contributed by atoms with E-state index in [2.05, 4.69) is 0 Å². The smallest absolute Gasteiger partial charge is 0.305 e. The van der Waals surface area contributed by atoms with Gasteiger partial charge in [0.1, 0.15) is 0 Å². The van der Waals surface area contributed by atoms with Crippen molar-refractivity contribution in [2.24, 2.45) is 0 Å². The Morgan fingerprint density at radius 2 is 1.83 bits per heavy atom. The summed E-state index contributed by atoms with van der Waals surface area (Å²) in [6.45, 7) is 2.41. The van der Waals surface area contributed by atoms with Gasteiger partial charge in [-0.2, -0.15) is 0 Å². The minimum Gasteiger partial charge on any atom is -0.481 e. The van der Waals surface area contributed by atoms with Crippen LogP contribution in [0.2, 0.25) is 0 Å². The quantitative estimate of drug-likeness (QED) is 0.794. The van der Waals surface area contributed by atoms with Gasteiger partial charge < -0.3 is 15.1 Å². The highest BCUT2D eigenvalue weighted by Gasteiger charge is 2.14. The van der Waals surface area contributed by atoms with Crippen molar-refractivity contribution in [3.8, 4) is 0 Å². The number of carboxylic acid groups (broad SMARTS) is 1. The maximum atomic E-state index is 12.1. The Morgan fingerprint density at radius 1 is 1.22 bits per heavy atom. The summed E-state index contributed by atoms with van der Waals surface area (Å²) < 4.78 is 0. The van der Waals surface area contributed by atoms with Crippen LogP contribution in [0.1, 0.15) is 29.3 Å². The van der Waals surface area contributed by atoms with Gasteiger partial charge in [-0.25, -0.2) is 0 Å². The van der Waals surface area contributed by atoms with Crippen molar-refractivity contribution in [1.82, 2.24) is 4.90 Å². The Morgan fingerprint density at radius 3 is 2.28 bits per heavy atom. The molecule has 1 rings (SSSR count). The molecule has 0 aliphatic rings.